The lowest BCUT2D eigenvalue weighted by atomic mass is 10.4. The Morgan fingerprint density at radius 3 is 2.43 bits per heavy atom. The molecule has 0 aliphatic carbocycles. The van der Waals surface area contributed by atoms with Crippen molar-refractivity contribution in [3.8, 4) is 0 Å². The van der Waals surface area contributed by atoms with Gasteiger partial charge in [-0.2, -0.15) is 0 Å². The Labute approximate surface area is 86.5 Å². The number of rotatable bonds is 2. The topological polar surface area (TPSA) is 26.3 Å². The Bertz CT molecular complexity index is 308. The molecule has 0 bridgehead atoms. The van der Waals surface area contributed by atoms with E-state index in [1.165, 1.54) is 12.1 Å². The zero-order valence-electron chi connectivity index (χ0n) is 7.99. The number of benzene rings is 1. The van der Waals surface area contributed by atoms with Crippen LogP contribution in [0.1, 0.15) is 13.8 Å². The molecule has 2 nitrogen and oxygen atoms in total. The Morgan fingerprint density at radius 2 is 1.93 bits per heavy atom. The molecule has 76 valence electrons. The van der Waals surface area contributed by atoms with E-state index < -0.39 is 0 Å². The third-order valence-electron chi connectivity index (χ3n) is 1.35. The maximum absolute atomic E-state index is 12.5. The second-order valence-corrected chi connectivity index (χ2v) is 3.98. The van der Waals surface area contributed by atoms with Gasteiger partial charge in [0, 0.05) is 4.90 Å². The number of halogens is 1. The lowest BCUT2D eigenvalue weighted by Gasteiger charge is -2.06. The first-order valence-electron chi connectivity index (χ1n) is 4.22. The molecule has 4 heteroatoms. The van der Waals surface area contributed by atoms with Crippen molar-refractivity contribution in [2.75, 3.05) is 0 Å². The van der Waals surface area contributed by atoms with Crippen molar-refractivity contribution < 1.29 is 13.9 Å². The van der Waals surface area contributed by atoms with Crippen LogP contribution in [0.2, 0.25) is 0 Å². The van der Waals surface area contributed by atoms with E-state index in [0.717, 1.165) is 11.8 Å². The van der Waals surface area contributed by atoms with Gasteiger partial charge in [-0.25, -0.2) is 9.18 Å². The van der Waals surface area contributed by atoms with Crippen molar-refractivity contribution in [2.45, 2.75) is 24.8 Å². The molecule has 1 aromatic carbocycles. The zero-order valence-corrected chi connectivity index (χ0v) is 8.81. The molecular formula is C10H11FO2S. The maximum atomic E-state index is 12.5. The predicted octanol–water partition coefficient (Wildman–Crippen LogP) is 3.46. The van der Waals surface area contributed by atoms with Crippen LogP contribution < -0.4 is 0 Å². The third-order valence-corrected chi connectivity index (χ3v) is 2.12. The summed E-state index contributed by atoms with van der Waals surface area (Å²) in [5, 5.41) is -0.369. The van der Waals surface area contributed by atoms with Crippen molar-refractivity contribution >= 4 is 17.1 Å². The van der Waals surface area contributed by atoms with Crippen molar-refractivity contribution in [1.29, 1.82) is 0 Å². The summed E-state index contributed by atoms with van der Waals surface area (Å²) in [5.74, 6) is -0.313. The van der Waals surface area contributed by atoms with Crippen molar-refractivity contribution in [1.82, 2.24) is 0 Å². The minimum absolute atomic E-state index is 0.129. The van der Waals surface area contributed by atoms with Crippen LogP contribution in [0.3, 0.4) is 0 Å². The number of thioether (sulfide) groups is 1. The monoisotopic (exact) mass is 214 g/mol. The van der Waals surface area contributed by atoms with Gasteiger partial charge < -0.3 is 4.74 Å². The van der Waals surface area contributed by atoms with Gasteiger partial charge in [-0.05, 0) is 49.9 Å². The minimum Gasteiger partial charge on any atom is -0.455 e. The van der Waals surface area contributed by atoms with Gasteiger partial charge in [0.25, 0.3) is 0 Å². The molecule has 0 saturated carbocycles. The number of hydrogen-bond donors (Lipinski definition) is 0. The highest BCUT2D eigenvalue weighted by Gasteiger charge is 2.07. The lowest BCUT2D eigenvalue weighted by molar-refractivity contribution is 0.143. The number of carbonyl (C=O) groups excluding carboxylic acids is 1. The number of ether oxygens (including phenoxy) is 1. The summed E-state index contributed by atoms with van der Waals surface area (Å²) < 4.78 is 17.4. The third kappa shape index (κ3) is 3.79. The molecule has 1 rings (SSSR count). The van der Waals surface area contributed by atoms with Gasteiger partial charge in [0.05, 0.1) is 6.10 Å². The van der Waals surface area contributed by atoms with E-state index in [9.17, 15) is 9.18 Å². The molecule has 0 heterocycles. The molecule has 0 fully saturated rings. The standard InChI is InChI=1S/C10H11FO2S/c1-7(2)13-10(12)14-9-5-3-8(11)4-6-9/h3-7H,1-2H3. The van der Waals surface area contributed by atoms with Crippen LogP contribution in [0, 0.1) is 5.82 Å². The van der Waals surface area contributed by atoms with Gasteiger partial charge in [0.1, 0.15) is 5.82 Å². The Morgan fingerprint density at radius 1 is 1.36 bits per heavy atom. The molecular weight excluding hydrogens is 203 g/mol. The highest BCUT2D eigenvalue weighted by atomic mass is 32.2. The molecule has 0 amide bonds. The van der Waals surface area contributed by atoms with E-state index in [1.54, 1.807) is 26.0 Å². The fourth-order valence-electron chi connectivity index (χ4n) is 0.815. The first-order valence-corrected chi connectivity index (χ1v) is 5.03. The zero-order chi connectivity index (χ0) is 10.6. The normalized spacial score (nSPS) is 10.3. The SMILES string of the molecule is CC(C)OC(=O)Sc1ccc(F)cc1. The van der Waals surface area contributed by atoms with Gasteiger partial charge in [0.15, 0.2) is 0 Å². The van der Waals surface area contributed by atoms with Crippen LogP contribution in [0.15, 0.2) is 29.2 Å². The number of hydrogen-bond acceptors (Lipinski definition) is 3. The van der Waals surface area contributed by atoms with Crippen LogP contribution in [0.25, 0.3) is 0 Å². The quantitative estimate of drug-likeness (QED) is 0.557. The van der Waals surface area contributed by atoms with E-state index >= 15 is 0 Å². The molecule has 0 N–H and O–H groups in total. The molecule has 0 spiro atoms. The van der Waals surface area contributed by atoms with Crippen molar-refractivity contribution in [3.05, 3.63) is 30.1 Å². The summed E-state index contributed by atoms with van der Waals surface area (Å²) in [6, 6.07) is 5.71. The lowest BCUT2D eigenvalue weighted by Crippen LogP contribution is -2.05. The molecule has 0 atom stereocenters. The number of carbonyl (C=O) groups is 1. The van der Waals surface area contributed by atoms with Crippen LogP contribution in [-0.2, 0) is 4.74 Å². The van der Waals surface area contributed by atoms with Crippen LogP contribution >= 0.6 is 11.8 Å². The van der Waals surface area contributed by atoms with Crippen LogP contribution in [0.4, 0.5) is 9.18 Å². The molecule has 0 radical (unpaired) electrons. The molecule has 14 heavy (non-hydrogen) atoms. The average molecular weight is 214 g/mol. The Hall–Kier alpha value is -1.03. The summed E-state index contributed by atoms with van der Waals surface area (Å²) in [5.41, 5.74) is 0. The van der Waals surface area contributed by atoms with E-state index in [2.05, 4.69) is 0 Å². The second-order valence-electron chi connectivity index (χ2n) is 2.97. The predicted molar refractivity (Wildman–Crippen MR) is 53.9 cm³/mol. The van der Waals surface area contributed by atoms with Crippen molar-refractivity contribution in [2.24, 2.45) is 0 Å². The fourth-order valence-corrected chi connectivity index (χ4v) is 1.52. The highest BCUT2D eigenvalue weighted by molar-refractivity contribution is 8.13. The molecule has 0 unspecified atom stereocenters. The van der Waals surface area contributed by atoms with E-state index in [4.69, 9.17) is 4.74 Å². The summed E-state index contributed by atoms with van der Waals surface area (Å²) >= 11 is 0.953. The van der Waals surface area contributed by atoms with Gasteiger partial charge >= 0.3 is 5.30 Å². The van der Waals surface area contributed by atoms with Gasteiger partial charge in [-0.15, -0.1) is 0 Å². The van der Waals surface area contributed by atoms with Crippen LogP contribution in [0.5, 0.6) is 0 Å². The van der Waals surface area contributed by atoms with Gasteiger partial charge in [-0.3, -0.25) is 0 Å². The molecule has 0 saturated heterocycles. The molecule has 0 aromatic heterocycles. The van der Waals surface area contributed by atoms with Gasteiger partial charge in [0.2, 0.25) is 0 Å². The van der Waals surface area contributed by atoms with E-state index in [1.807, 2.05) is 0 Å². The highest BCUT2D eigenvalue weighted by Crippen LogP contribution is 2.20. The Kier molecular flexibility index (Phi) is 3.95. The largest absolute Gasteiger partial charge is 0.455 e. The summed E-state index contributed by atoms with van der Waals surface area (Å²) in [4.78, 5) is 11.8. The van der Waals surface area contributed by atoms with Gasteiger partial charge in [-0.1, -0.05) is 0 Å². The summed E-state index contributed by atoms with van der Waals surface area (Å²) in [7, 11) is 0. The van der Waals surface area contributed by atoms with Crippen LogP contribution in [-0.4, -0.2) is 11.4 Å². The second kappa shape index (κ2) is 5.00. The Balaban J connectivity index is 2.52. The van der Waals surface area contributed by atoms with E-state index in [-0.39, 0.29) is 17.2 Å². The summed E-state index contributed by atoms with van der Waals surface area (Å²) in [6.45, 7) is 3.56. The van der Waals surface area contributed by atoms with Crippen molar-refractivity contribution in [3.63, 3.8) is 0 Å². The van der Waals surface area contributed by atoms with E-state index in [0.29, 0.717) is 4.90 Å². The molecule has 1 aromatic rings. The molecule has 0 aliphatic rings. The first-order chi connectivity index (χ1) is 6.58. The maximum Gasteiger partial charge on any atom is 0.372 e. The smallest absolute Gasteiger partial charge is 0.372 e. The average Bonchev–Trinajstić information content (AvgIpc) is 2.07. The first kappa shape index (κ1) is 11.0. The minimum atomic E-state index is -0.369. The molecule has 0 aliphatic heterocycles. The fraction of sp³-hybridized carbons (Fsp3) is 0.300. The summed E-state index contributed by atoms with van der Waals surface area (Å²) in [6.07, 6.45) is -0.129.